The molecule has 1 aromatic rings. The summed E-state index contributed by atoms with van der Waals surface area (Å²) in [7, 11) is 1.97. The molecule has 0 atom stereocenters. The van der Waals surface area contributed by atoms with Gasteiger partial charge in [-0.15, -0.1) is 0 Å². The van der Waals surface area contributed by atoms with Gasteiger partial charge in [0.15, 0.2) is 0 Å². The van der Waals surface area contributed by atoms with E-state index in [4.69, 9.17) is 5.11 Å². The van der Waals surface area contributed by atoms with E-state index in [1.807, 2.05) is 17.8 Å². The molecule has 0 spiro atoms. The van der Waals surface area contributed by atoms with Gasteiger partial charge in [-0.05, 0) is 12.8 Å². The number of hydrogen-bond donors (Lipinski definition) is 1. The summed E-state index contributed by atoms with van der Waals surface area (Å²) in [6.45, 7) is 0.927. The summed E-state index contributed by atoms with van der Waals surface area (Å²) in [5.74, 6) is 0.283. The van der Waals surface area contributed by atoms with Gasteiger partial charge < -0.3 is 9.67 Å². The van der Waals surface area contributed by atoms with E-state index in [2.05, 4.69) is 9.88 Å². The van der Waals surface area contributed by atoms with Crippen LogP contribution in [-0.4, -0.2) is 44.7 Å². The van der Waals surface area contributed by atoms with Crippen molar-refractivity contribution in [3.8, 4) is 0 Å². The van der Waals surface area contributed by atoms with Gasteiger partial charge in [-0.1, -0.05) is 12.8 Å². The van der Waals surface area contributed by atoms with Crippen LogP contribution < -0.4 is 0 Å². The monoisotopic (exact) mass is 251 g/mol. The van der Waals surface area contributed by atoms with Crippen molar-refractivity contribution < 1.29 is 9.90 Å². The van der Waals surface area contributed by atoms with Crippen LogP contribution in [0.25, 0.3) is 0 Å². The van der Waals surface area contributed by atoms with Crippen LogP contribution in [0.2, 0.25) is 0 Å². The molecule has 0 bridgehead atoms. The average Bonchev–Trinajstić information content (AvgIpc) is 2.95. The number of carbonyl (C=O) groups is 1. The molecule has 0 saturated heterocycles. The van der Waals surface area contributed by atoms with Crippen molar-refractivity contribution in [1.29, 1.82) is 0 Å². The normalized spacial score (nSPS) is 16.6. The number of carboxylic acid groups (broad SMARTS) is 1. The zero-order valence-corrected chi connectivity index (χ0v) is 10.9. The number of rotatable bonds is 6. The van der Waals surface area contributed by atoms with Crippen molar-refractivity contribution >= 4 is 5.97 Å². The lowest BCUT2D eigenvalue weighted by molar-refractivity contribution is -0.138. The van der Waals surface area contributed by atoms with Gasteiger partial charge in [0.25, 0.3) is 0 Å². The van der Waals surface area contributed by atoms with Crippen LogP contribution in [-0.2, 0) is 18.3 Å². The molecule has 100 valence electrons. The molecular weight excluding hydrogens is 230 g/mol. The Labute approximate surface area is 107 Å². The van der Waals surface area contributed by atoms with E-state index in [0.29, 0.717) is 6.04 Å². The fourth-order valence-corrected chi connectivity index (χ4v) is 2.71. The van der Waals surface area contributed by atoms with Gasteiger partial charge in [-0.2, -0.15) is 0 Å². The second-order valence-corrected chi connectivity index (χ2v) is 5.01. The minimum atomic E-state index is -0.734. The second kappa shape index (κ2) is 6.00. The lowest BCUT2D eigenvalue weighted by Gasteiger charge is -2.26. The first-order valence-corrected chi connectivity index (χ1v) is 6.59. The average molecular weight is 251 g/mol. The minimum absolute atomic E-state index is 0.148. The summed E-state index contributed by atoms with van der Waals surface area (Å²) in [4.78, 5) is 17.3. The maximum absolute atomic E-state index is 10.9. The van der Waals surface area contributed by atoms with Crippen LogP contribution in [0.15, 0.2) is 12.4 Å². The highest BCUT2D eigenvalue weighted by atomic mass is 16.4. The molecule has 0 aromatic carbocycles. The summed E-state index contributed by atoms with van der Waals surface area (Å²) >= 11 is 0. The second-order valence-electron chi connectivity index (χ2n) is 5.01. The van der Waals surface area contributed by atoms with Crippen LogP contribution in [0.1, 0.15) is 31.5 Å². The summed E-state index contributed by atoms with van der Waals surface area (Å²) in [6.07, 6.45) is 9.24. The van der Waals surface area contributed by atoms with Gasteiger partial charge in [0.2, 0.25) is 0 Å². The minimum Gasteiger partial charge on any atom is -0.480 e. The van der Waals surface area contributed by atoms with Crippen molar-refractivity contribution in [3.05, 3.63) is 18.2 Å². The summed E-state index contributed by atoms with van der Waals surface area (Å²) in [5.41, 5.74) is 0. The smallest absolute Gasteiger partial charge is 0.317 e. The number of nitrogens with zero attached hydrogens (tertiary/aromatic N) is 3. The van der Waals surface area contributed by atoms with Gasteiger partial charge in [-0.3, -0.25) is 9.69 Å². The molecule has 1 aromatic heterocycles. The number of hydrogen-bond acceptors (Lipinski definition) is 3. The highest BCUT2D eigenvalue weighted by Crippen LogP contribution is 2.23. The van der Waals surface area contributed by atoms with Crippen LogP contribution in [0.4, 0.5) is 0 Å². The first-order valence-electron chi connectivity index (χ1n) is 6.59. The summed E-state index contributed by atoms with van der Waals surface area (Å²) < 4.78 is 1.99. The van der Waals surface area contributed by atoms with Crippen molar-refractivity contribution in [3.63, 3.8) is 0 Å². The standard InChI is InChI=1S/C13H21N3O2/c1-15-9-7-14-12(15)6-8-16(10-13(17)18)11-4-2-3-5-11/h7,9,11H,2-6,8,10H2,1H3,(H,17,18). The zero-order valence-electron chi connectivity index (χ0n) is 10.9. The Hall–Kier alpha value is -1.36. The first-order chi connectivity index (χ1) is 8.66. The molecule has 1 N–H and O–H groups in total. The van der Waals surface area contributed by atoms with E-state index in [1.165, 1.54) is 12.8 Å². The van der Waals surface area contributed by atoms with Crippen LogP contribution in [0.5, 0.6) is 0 Å². The Morgan fingerprint density at radius 1 is 1.56 bits per heavy atom. The van der Waals surface area contributed by atoms with E-state index in [-0.39, 0.29) is 6.54 Å². The third-order valence-corrected chi connectivity index (χ3v) is 3.72. The van der Waals surface area contributed by atoms with Gasteiger partial charge in [0.05, 0.1) is 6.54 Å². The molecule has 5 heteroatoms. The molecule has 0 radical (unpaired) electrons. The molecule has 1 aliphatic rings. The van der Waals surface area contributed by atoms with E-state index < -0.39 is 5.97 Å². The highest BCUT2D eigenvalue weighted by molar-refractivity contribution is 5.69. The fraction of sp³-hybridized carbons (Fsp3) is 0.692. The Balaban J connectivity index is 1.92. The molecular formula is C13H21N3O2. The number of aliphatic carboxylic acids is 1. The van der Waals surface area contributed by atoms with Crippen molar-refractivity contribution in [2.24, 2.45) is 7.05 Å². The van der Waals surface area contributed by atoms with Crippen molar-refractivity contribution in [2.45, 2.75) is 38.1 Å². The summed E-state index contributed by atoms with van der Waals surface area (Å²) in [5, 5.41) is 8.99. The molecule has 18 heavy (non-hydrogen) atoms. The van der Waals surface area contributed by atoms with E-state index >= 15 is 0 Å². The first kappa shape index (κ1) is 13.1. The molecule has 1 fully saturated rings. The van der Waals surface area contributed by atoms with Crippen LogP contribution in [0.3, 0.4) is 0 Å². The van der Waals surface area contributed by atoms with Crippen LogP contribution in [0, 0.1) is 0 Å². The van der Waals surface area contributed by atoms with Crippen LogP contribution >= 0.6 is 0 Å². The van der Waals surface area contributed by atoms with E-state index in [9.17, 15) is 4.79 Å². The lowest BCUT2D eigenvalue weighted by atomic mass is 10.2. The Morgan fingerprint density at radius 2 is 2.28 bits per heavy atom. The Morgan fingerprint density at radius 3 is 2.83 bits per heavy atom. The molecule has 1 aliphatic carbocycles. The number of imidazole rings is 1. The lowest BCUT2D eigenvalue weighted by Crippen LogP contribution is -2.39. The fourth-order valence-electron chi connectivity index (χ4n) is 2.71. The maximum atomic E-state index is 10.9. The highest BCUT2D eigenvalue weighted by Gasteiger charge is 2.24. The SMILES string of the molecule is Cn1ccnc1CCN(CC(=O)O)C1CCCC1. The number of carboxylic acids is 1. The molecule has 0 amide bonds. The Kier molecular flexibility index (Phi) is 4.36. The third-order valence-electron chi connectivity index (χ3n) is 3.72. The molecule has 0 aliphatic heterocycles. The molecule has 1 saturated carbocycles. The topological polar surface area (TPSA) is 58.4 Å². The molecule has 5 nitrogen and oxygen atoms in total. The van der Waals surface area contributed by atoms with Gasteiger partial charge in [0.1, 0.15) is 5.82 Å². The molecule has 2 rings (SSSR count). The zero-order chi connectivity index (χ0) is 13.0. The van der Waals surface area contributed by atoms with E-state index in [1.54, 1.807) is 6.20 Å². The van der Waals surface area contributed by atoms with Gasteiger partial charge in [-0.25, -0.2) is 4.98 Å². The molecule has 1 heterocycles. The largest absolute Gasteiger partial charge is 0.480 e. The van der Waals surface area contributed by atoms with Crippen molar-refractivity contribution in [1.82, 2.24) is 14.5 Å². The number of aromatic nitrogens is 2. The van der Waals surface area contributed by atoms with Gasteiger partial charge in [0, 0.05) is 38.4 Å². The Bertz CT molecular complexity index is 397. The third kappa shape index (κ3) is 3.32. The van der Waals surface area contributed by atoms with Gasteiger partial charge >= 0.3 is 5.97 Å². The predicted octanol–water partition coefficient (Wildman–Crippen LogP) is 1.29. The maximum Gasteiger partial charge on any atom is 0.317 e. The molecule has 0 unspecified atom stereocenters. The quantitative estimate of drug-likeness (QED) is 0.827. The summed E-state index contributed by atoms with van der Waals surface area (Å²) in [6, 6.07) is 0.446. The number of aryl methyl sites for hydroxylation is 1. The van der Waals surface area contributed by atoms with Crippen molar-refractivity contribution in [2.75, 3.05) is 13.1 Å². The predicted molar refractivity (Wildman–Crippen MR) is 68.4 cm³/mol. The van der Waals surface area contributed by atoms with E-state index in [0.717, 1.165) is 31.6 Å².